The standard InChI is InChI=1S/C11H13N3S/c12-10-1-3-14-6-9(10)5-11(13)8-2-4-15-7-8/h1-4,6-7,11H,5,13H2,(H2,12,14). The average Bonchev–Trinajstić information content (AvgIpc) is 2.74. The first kappa shape index (κ1) is 10.1. The number of pyridine rings is 1. The minimum atomic E-state index is 0.00255. The summed E-state index contributed by atoms with van der Waals surface area (Å²) in [5.41, 5.74) is 14.8. The number of hydrogen-bond donors (Lipinski definition) is 2. The highest BCUT2D eigenvalue weighted by atomic mass is 32.1. The smallest absolute Gasteiger partial charge is 0.0378 e. The number of thiophene rings is 1. The molecule has 2 aromatic rings. The second-order valence-corrected chi connectivity index (χ2v) is 4.22. The van der Waals surface area contributed by atoms with Gasteiger partial charge >= 0.3 is 0 Å². The molecule has 1 atom stereocenters. The van der Waals surface area contributed by atoms with Crippen LogP contribution in [0.5, 0.6) is 0 Å². The first-order chi connectivity index (χ1) is 7.27. The van der Waals surface area contributed by atoms with E-state index >= 15 is 0 Å². The zero-order chi connectivity index (χ0) is 10.7. The molecule has 2 rings (SSSR count). The van der Waals surface area contributed by atoms with Crippen LogP contribution in [0.2, 0.25) is 0 Å². The van der Waals surface area contributed by atoms with Gasteiger partial charge in [-0.2, -0.15) is 11.3 Å². The molecule has 15 heavy (non-hydrogen) atoms. The molecule has 0 saturated carbocycles. The summed E-state index contributed by atoms with van der Waals surface area (Å²) in [5.74, 6) is 0. The van der Waals surface area contributed by atoms with Gasteiger partial charge in [0.1, 0.15) is 0 Å². The number of nitrogens with two attached hydrogens (primary N) is 2. The molecule has 0 aliphatic heterocycles. The molecule has 0 aliphatic carbocycles. The van der Waals surface area contributed by atoms with Gasteiger partial charge < -0.3 is 11.5 Å². The lowest BCUT2D eigenvalue weighted by Crippen LogP contribution is -2.13. The van der Waals surface area contributed by atoms with Gasteiger partial charge in [0.15, 0.2) is 0 Å². The third-order valence-corrected chi connectivity index (χ3v) is 3.05. The van der Waals surface area contributed by atoms with Gasteiger partial charge in [-0.25, -0.2) is 0 Å². The van der Waals surface area contributed by atoms with Crippen molar-refractivity contribution in [2.45, 2.75) is 12.5 Å². The zero-order valence-corrected chi connectivity index (χ0v) is 9.08. The molecule has 0 aromatic carbocycles. The van der Waals surface area contributed by atoms with Crippen molar-refractivity contribution >= 4 is 17.0 Å². The molecule has 4 N–H and O–H groups in total. The predicted molar refractivity (Wildman–Crippen MR) is 63.6 cm³/mol. The first-order valence-corrected chi connectivity index (χ1v) is 5.67. The van der Waals surface area contributed by atoms with Gasteiger partial charge in [0.2, 0.25) is 0 Å². The van der Waals surface area contributed by atoms with Crippen LogP contribution in [0.3, 0.4) is 0 Å². The van der Waals surface area contributed by atoms with Gasteiger partial charge in [0, 0.05) is 24.1 Å². The Kier molecular flexibility index (Phi) is 2.99. The Labute approximate surface area is 92.8 Å². The Bertz CT molecular complexity index is 425. The number of rotatable bonds is 3. The second-order valence-electron chi connectivity index (χ2n) is 3.44. The van der Waals surface area contributed by atoms with E-state index in [2.05, 4.69) is 10.4 Å². The summed E-state index contributed by atoms with van der Waals surface area (Å²) < 4.78 is 0. The Balaban J connectivity index is 2.13. The fourth-order valence-corrected chi connectivity index (χ4v) is 2.17. The van der Waals surface area contributed by atoms with E-state index < -0.39 is 0 Å². The van der Waals surface area contributed by atoms with E-state index in [0.29, 0.717) is 0 Å². The van der Waals surface area contributed by atoms with Crippen LogP contribution in [0.15, 0.2) is 35.3 Å². The van der Waals surface area contributed by atoms with Crippen LogP contribution in [0.25, 0.3) is 0 Å². The van der Waals surface area contributed by atoms with Crippen molar-refractivity contribution < 1.29 is 0 Å². The molecule has 78 valence electrons. The normalized spacial score (nSPS) is 12.6. The van der Waals surface area contributed by atoms with Gasteiger partial charge in [0.05, 0.1) is 0 Å². The molecule has 4 heteroatoms. The van der Waals surface area contributed by atoms with E-state index in [1.807, 2.05) is 11.4 Å². The fraction of sp³-hybridized carbons (Fsp3) is 0.182. The summed E-state index contributed by atoms with van der Waals surface area (Å²) >= 11 is 1.66. The summed E-state index contributed by atoms with van der Waals surface area (Å²) in [6.45, 7) is 0. The molecular formula is C11H13N3S. The summed E-state index contributed by atoms with van der Waals surface area (Å²) in [6, 6.07) is 3.85. The van der Waals surface area contributed by atoms with E-state index in [-0.39, 0.29) is 6.04 Å². The molecule has 0 amide bonds. The highest BCUT2D eigenvalue weighted by molar-refractivity contribution is 7.07. The third-order valence-electron chi connectivity index (χ3n) is 2.35. The van der Waals surface area contributed by atoms with Crippen molar-refractivity contribution in [3.8, 4) is 0 Å². The third kappa shape index (κ3) is 2.34. The Morgan fingerprint density at radius 1 is 1.40 bits per heavy atom. The van der Waals surface area contributed by atoms with Crippen molar-refractivity contribution in [3.63, 3.8) is 0 Å². The van der Waals surface area contributed by atoms with Crippen molar-refractivity contribution in [3.05, 3.63) is 46.4 Å². The summed E-state index contributed by atoms with van der Waals surface area (Å²) in [4.78, 5) is 4.05. The number of anilines is 1. The minimum Gasteiger partial charge on any atom is -0.398 e. The maximum Gasteiger partial charge on any atom is 0.0378 e. The van der Waals surface area contributed by atoms with Crippen LogP contribution in [0.1, 0.15) is 17.2 Å². The lowest BCUT2D eigenvalue weighted by Gasteiger charge is -2.11. The van der Waals surface area contributed by atoms with Crippen LogP contribution in [0.4, 0.5) is 5.69 Å². The summed E-state index contributed by atoms with van der Waals surface area (Å²) in [5, 5.41) is 4.10. The van der Waals surface area contributed by atoms with E-state index in [0.717, 1.165) is 23.2 Å². The van der Waals surface area contributed by atoms with Crippen LogP contribution in [-0.2, 0) is 6.42 Å². The Hall–Kier alpha value is -1.39. The maximum atomic E-state index is 6.06. The van der Waals surface area contributed by atoms with Crippen LogP contribution in [0, 0.1) is 0 Å². The van der Waals surface area contributed by atoms with Crippen LogP contribution < -0.4 is 11.5 Å². The van der Waals surface area contributed by atoms with E-state index in [1.54, 1.807) is 29.8 Å². The Morgan fingerprint density at radius 3 is 2.93 bits per heavy atom. The van der Waals surface area contributed by atoms with Gasteiger partial charge in [-0.05, 0) is 40.4 Å². The molecule has 0 fully saturated rings. The molecule has 2 aromatic heterocycles. The largest absolute Gasteiger partial charge is 0.398 e. The molecule has 1 unspecified atom stereocenters. The molecule has 0 spiro atoms. The van der Waals surface area contributed by atoms with E-state index in [1.165, 1.54) is 0 Å². The highest BCUT2D eigenvalue weighted by Gasteiger charge is 2.09. The fourth-order valence-electron chi connectivity index (χ4n) is 1.45. The van der Waals surface area contributed by atoms with E-state index in [9.17, 15) is 0 Å². The lowest BCUT2D eigenvalue weighted by atomic mass is 10.0. The zero-order valence-electron chi connectivity index (χ0n) is 8.26. The summed E-state index contributed by atoms with van der Waals surface area (Å²) in [6.07, 6.45) is 4.20. The molecule has 0 bridgehead atoms. The van der Waals surface area contributed by atoms with Crippen molar-refractivity contribution in [2.24, 2.45) is 5.73 Å². The Morgan fingerprint density at radius 2 is 2.27 bits per heavy atom. The minimum absolute atomic E-state index is 0.00255. The van der Waals surface area contributed by atoms with Crippen molar-refractivity contribution in [1.29, 1.82) is 0 Å². The quantitative estimate of drug-likeness (QED) is 0.829. The molecule has 0 saturated heterocycles. The van der Waals surface area contributed by atoms with Gasteiger partial charge in [-0.15, -0.1) is 0 Å². The average molecular weight is 219 g/mol. The lowest BCUT2D eigenvalue weighted by molar-refractivity contribution is 0.724. The van der Waals surface area contributed by atoms with Gasteiger partial charge in [-0.3, -0.25) is 4.98 Å². The number of nitrogen functional groups attached to an aromatic ring is 1. The predicted octanol–water partition coefficient (Wildman–Crippen LogP) is 1.97. The van der Waals surface area contributed by atoms with Crippen molar-refractivity contribution in [1.82, 2.24) is 4.98 Å². The van der Waals surface area contributed by atoms with E-state index in [4.69, 9.17) is 11.5 Å². The van der Waals surface area contributed by atoms with Gasteiger partial charge in [0.25, 0.3) is 0 Å². The van der Waals surface area contributed by atoms with Crippen molar-refractivity contribution in [2.75, 3.05) is 5.73 Å². The first-order valence-electron chi connectivity index (χ1n) is 4.73. The number of hydrogen-bond acceptors (Lipinski definition) is 4. The SMILES string of the molecule is Nc1ccncc1CC(N)c1ccsc1. The monoisotopic (exact) mass is 219 g/mol. The highest BCUT2D eigenvalue weighted by Crippen LogP contribution is 2.20. The topological polar surface area (TPSA) is 64.9 Å². The maximum absolute atomic E-state index is 6.06. The molecule has 0 aliphatic rings. The molecular weight excluding hydrogens is 206 g/mol. The number of aromatic nitrogens is 1. The van der Waals surface area contributed by atoms with Crippen LogP contribution >= 0.6 is 11.3 Å². The number of nitrogens with zero attached hydrogens (tertiary/aromatic N) is 1. The molecule has 2 heterocycles. The molecule has 3 nitrogen and oxygen atoms in total. The second kappa shape index (κ2) is 4.42. The molecule has 0 radical (unpaired) electrons. The summed E-state index contributed by atoms with van der Waals surface area (Å²) in [7, 11) is 0. The van der Waals surface area contributed by atoms with Gasteiger partial charge in [-0.1, -0.05) is 0 Å². The van der Waals surface area contributed by atoms with Crippen LogP contribution in [-0.4, -0.2) is 4.98 Å².